The summed E-state index contributed by atoms with van der Waals surface area (Å²) in [7, 11) is 0. The minimum absolute atomic E-state index is 0.141. The van der Waals surface area contributed by atoms with E-state index in [-0.39, 0.29) is 5.82 Å². The van der Waals surface area contributed by atoms with Gasteiger partial charge >= 0.3 is 0 Å². The topological polar surface area (TPSA) is 12.0 Å². The van der Waals surface area contributed by atoms with Crippen LogP contribution in [-0.2, 0) is 0 Å². The van der Waals surface area contributed by atoms with Crippen LogP contribution in [0.2, 0.25) is 5.02 Å². The van der Waals surface area contributed by atoms with Crippen molar-refractivity contribution in [2.75, 3.05) is 13.1 Å². The van der Waals surface area contributed by atoms with Crippen molar-refractivity contribution in [2.24, 2.45) is 0 Å². The Morgan fingerprint density at radius 3 is 3.00 bits per heavy atom. The molecule has 1 nitrogen and oxygen atoms in total. The van der Waals surface area contributed by atoms with E-state index in [4.69, 9.17) is 11.6 Å². The van der Waals surface area contributed by atoms with Crippen LogP contribution in [0.4, 0.5) is 4.39 Å². The van der Waals surface area contributed by atoms with Crippen molar-refractivity contribution >= 4 is 11.6 Å². The zero-order valence-corrected chi connectivity index (χ0v) is 7.94. The summed E-state index contributed by atoms with van der Waals surface area (Å²) in [5.74, 6) is 0.150. The van der Waals surface area contributed by atoms with E-state index < -0.39 is 0 Å². The third kappa shape index (κ3) is 1.84. The van der Waals surface area contributed by atoms with Gasteiger partial charge in [-0.3, -0.25) is 0 Å². The summed E-state index contributed by atoms with van der Waals surface area (Å²) < 4.78 is 13.3. The molecular formula is C10H11ClFN. The summed E-state index contributed by atoms with van der Waals surface area (Å²) in [6, 6.07) is 4.76. The molecule has 1 aliphatic rings. The van der Waals surface area contributed by atoms with Gasteiger partial charge in [-0.05, 0) is 36.7 Å². The SMILES string of the molecule is Fc1ccc(Cl)cc1C1CCNC1. The maximum atomic E-state index is 13.3. The van der Waals surface area contributed by atoms with E-state index >= 15 is 0 Å². The van der Waals surface area contributed by atoms with Gasteiger partial charge in [0.1, 0.15) is 5.82 Å². The highest BCUT2D eigenvalue weighted by Crippen LogP contribution is 2.27. The zero-order chi connectivity index (χ0) is 9.26. The van der Waals surface area contributed by atoms with Crippen LogP contribution in [0.5, 0.6) is 0 Å². The molecule has 1 aromatic rings. The van der Waals surface area contributed by atoms with Crippen LogP contribution < -0.4 is 5.32 Å². The van der Waals surface area contributed by atoms with Gasteiger partial charge in [0, 0.05) is 17.5 Å². The predicted octanol–water partition coefficient (Wildman–Crippen LogP) is 2.56. The summed E-state index contributed by atoms with van der Waals surface area (Å²) in [5.41, 5.74) is 0.748. The summed E-state index contributed by atoms with van der Waals surface area (Å²) in [4.78, 5) is 0. The molecule has 0 spiro atoms. The average molecular weight is 200 g/mol. The Balaban J connectivity index is 2.32. The molecule has 1 aromatic carbocycles. The van der Waals surface area contributed by atoms with E-state index in [0.29, 0.717) is 10.9 Å². The second-order valence-electron chi connectivity index (χ2n) is 3.36. The van der Waals surface area contributed by atoms with E-state index in [1.807, 2.05) is 0 Å². The number of hydrogen-bond donors (Lipinski definition) is 1. The molecule has 70 valence electrons. The van der Waals surface area contributed by atoms with Crippen LogP contribution >= 0.6 is 11.6 Å². The van der Waals surface area contributed by atoms with Gasteiger partial charge in [0.05, 0.1) is 0 Å². The van der Waals surface area contributed by atoms with Gasteiger partial charge in [-0.2, -0.15) is 0 Å². The summed E-state index contributed by atoms with van der Waals surface area (Å²) >= 11 is 5.81. The fraction of sp³-hybridized carbons (Fsp3) is 0.400. The van der Waals surface area contributed by atoms with Gasteiger partial charge in [0.25, 0.3) is 0 Å². The van der Waals surface area contributed by atoms with Gasteiger partial charge in [0.2, 0.25) is 0 Å². The van der Waals surface area contributed by atoms with Crippen LogP contribution in [0, 0.1) is 5.82 Å². The van der Waals surface area contributed by atoms with Crippen molar-refractivity contribution in [3.05, 3.63) is 34.6 Å². The van der Waals surface area contributed by atoms with Gasteiger partial charge in [-0.25, -0.2) is 4.39 Å². The van der Waals surface area contributed by atoms with Gasteiger partial charge in [0.15, 0.2) is 0 Å². The minimum atomic E-state index is -0.141. The quantitative estimate of drug-likeness (QED) is 0.733. The normalized spacial score (nSPS) is 22.2. The van der Waals surface area contributed by atoms with E-state index in [1.165, 1.54) is 6.07 Å². The first kappa shape index (κ1) is 8.97. The van der Waals surface area contributed by atoms with Crippen LogP contribution in [0.3, 0.4) is 0 Å². The molecule has 0 aromatic heterocycles. The van der Waals surface area contributed by atoms with Gasteiger partial charge in [-0.15, -0.1) is 0 Å². The molecule has 0 amide bonds. The first-order valence-corrected chi connectivity index (χ1v) is 4.81. The van der Waals surface area contributed by atoms with Gasteiger partial charge < -0.3 is 5.32 Å². The summed E-state index contributed by atoms with van der Waals surface area (Å²) in [6.45, 7) is 1.83. The van der Waals surface area contributed by atoms with E-state index in [9.17, 15) is 4.39 Å². The fourth-order valence-corrected chi connectivity index (χ4v) is 1.93. The second kappa shape index (κ2) is 3.64. The van der Waals surface area contributed by atoms with Crippen LogP contribution in [0.25, 0.3) is 0 Å². The molecule has 0 aliphatic carbocycles. The Morgan fingerprint density at radius 1 is 1.46 bits per heavy atom. The summed E-state index contributed by atoms with van der Waals surface area (Å²) in [6.07, 6.45) is 0.997. The molecule has 3 heteroatoms. The smallest absolute Gasteiger partial charge is 0.126 e. The first-order valence-electron chi connectivity index (χ1n) is 4.43. The van der Waals surface area contributed by atoms with Crippen molar-refractivity contribution in [1.82, 2.24) is 5.32 Å². The molecule has 13 heavy (non-hydrogen) atoms. The van der Waals surface area contributed by atoms with Crippen molar-refractivity contribution < 1.29 is 4.39 Å². The lowest BCUT2D eigenvalue weighted by atomic mass is 9.98. The van der Waals surface area contributed by atoms with E-state index in [2.05, 4.69) is 5.32 Å². The molecule has 0 bridgehead atoms. The number of halogens is 2. The van der Waals surface area contributed by atoms with Gasteiger partial charge in [-0.1, -0.05) is 11.6 Å². The lowest BCUT2D eigenvalue weighted by molar-refractivity contribution is 0.588. The highest BCUT2D eigenvalue weighted by molar-refractivity contribution is 6.30. The van der Waals surface area contributed by atoms with Crippen LogP contribution in [-0.4, -0.2) is 13.1 Å². The first-order chi connectivity index (χ1) is 6.27. The molecule has 1 aliphatic heterocycles. The molecule has 0 saturated carbocycles. The summed E-state index contributed by atoms with van der Waals surface area (Å²) in [5, 5.41) is 3.82. The Bertz CT molecular complexity index is 308. The lowest BCUT2D eigenvalue weighted by Crippen LogP contribution is -2.08. The molecule has 1 N–H and O–H groups in total. The average Bonchev–Trinajstić information content (AvgIpc) is 2.61. The number of rotatable bonds is 1. The number of benzene rings is 1. The maximum Gasteiger partial charge on any atom is 0.126 e. The minimum Gasteiger partial charge on any atom is -0.316 e. The monoisotopic (exact) mass is 199 g/mol. The predicted molar refractivity (Wildman–Crippen MR) is 51.6 cm³/mol. The van der Waals surface area contributed by atoms with Crippen molar-refractivity contribution in [1.29, 1.82) is 0 Å². The zero-order valence-electron chi connectivity index (χ0n) is 7.19. The molecule has 0 radical (unpaired) electrons. The van der Waals surface area contributed by atoms with E-state index in [1.54, 1.807) is 12.1 Å². The second-order valence-corrected chi connectivity index (χ2v) is 3.79. The lowest BCUT2D eigenvalue weighted by Gasteiger charge is -2.09. The Labute approximate surface area is 81.9 Å². The molecule has 2 rings (SSSR count). The number of nitrogens with one attached hydrogen (secondary N) is 1. The molecular weight excluding hydrogens is 189 g/mol. The Kier molecular flexibility index (Phi) is 2.51. The Hall–Kier alpha value is -0.600. The van der Waals surface area contributed by atoms with E-state index in [0.717, 1.165) is 25.1 Å². The third-order valence-corrected chi connectivity index (χ3v) is 2.69. The maximum absolute atomic E-state index is 13.3. The van der Waals surface area contributed by atoms with Crippen molar-refractivity contribution in [3.8, 4) is 0 Å². The van der Waals surface area contributed by atoms with Crippen molar-refractivity contribution in [3.63, 3.8) is 0 Å². The Morgan fingerprint density at radius 2 is 2.31 bits per heavy atom. The van der Waals surface area contributed by atoms with Crippen LogP contribution in [0.15, 0.2) is 18.2 Å². The van der Waals surface area contributed by atoms with Crippen LogP contribution in [0.1, 0.15) is 17.9 Å². The molecule has 1 fully saturated rings. The fourth-order valence-electron chi connectivity index (χ4n) is 1.75. The molecule has 1 atom stereocenters. The van der Waals surface area contributed by atoms with Crippen molar-refractivity contribution in [2.45, 2.75) is 12.3 Å². The molecule has 1 unspecified atom stereocenters. The highest BCUT2D eigenvalue weighted by atomic mass is 35.5. The largest absolute Gasteiger partial charge is 0.316 e. The molecule has 1 saturated heterocycles. The highest BCUT2D eigenvalue weighted by Gasteiger charge is 2.19. The third-order valence-electron chi connectivity index (χ3n) is 2.46. The standard InChI is InChI=1S/C10H11ClFN/c11-8-1-2-10(12)9(5-8)7-3-4-13-6-7/h1-2,5,7,13H,3-4,6H2. The number of hydrogen-bond acceptors (Lipinski definition) is 1. The molecule has 1 heterocycles.